The number of benzene rings is 1. The molecule has 3 heterocycles. The average molecular weight is 413 g/mol. The van der Waals surface area contributed by atoms with Crippen molar-refractivity contribution in [3.63, 3.8) is 0 Å². The highest BCUT2D eigenvalue weighted by molar-refractivity contribution is 5.91. The van der Waals surface area contributed by atoms with E-state index < -0.39 is 0 Å². The SMILES string of the molecule is Cl.Cl.O=C(CC1COCCN1)Nc1ccc(-c2cn3c(n2)CCCC3)cc1. The predicted molar refractivity (Wildman–Crippen MR) is 111 cm³/mol. The average Bonchev–Trinajstić information content (AvgIpc) is 3.07. The molecule has 0 bridgehead atoms. The summed E-state index contributed by atoms with van der Waals surface area (Å²) in [6, 6.07) is 8.02. The Kier molecular flexibility index (Phi) is 8.10. The first-order valence-electron chi connectivity index (χ1n) is 9.05. The van der Waals surface area contributed by atoms with Gasteiger partial charge in [-0.1, -0.05) is 12.1 Å². The van der Waals surface area contributed by atoms with E-state index in [9.17, 15) is 4.79 Å². The third kappa shape index (κ3) is 5.45. The van der Waals surface area contributed by atoms with Crippen molar-refractivity contribution >= 4 is 36.4 Å². The summed E-state index contributed by atoms with van der Waals surface area (Å²) in [7, 11) is 0. The smallest absolute Gasteiger partial charge is 0.226 e. The lowest BCUT2D eigenvalue weighted by molar-refractivity contribution is -0.117. The van der Waals surface area contributed by atoms with E-state index in [1.54, 1.807) is 0 Å². The minimum atomic E-state index is 0. The molecule has 8 heteroatoms. The number of imidazole rings is 1. The quantitative estimate of drug-likeness (QED) is 0.809. The van der Waals surface area contributed by atoms with Gasteiger partial charge in [0, 0.05) is 49.4 Å². The van der Waals surface area contributed by atoms with E-state index in [1.807, 2.05) is 24.3 Å². The molecule has 1 amide bonds. The topological polar surface area (TPSA) is 68.2 Å². The number of fused-ring (bicyclic) bond motifs is 1. The summed E-state index contributed by atoms with van der Waals surface area (Å²) in [5.41, 5.74) is 2.91. The van der Waals surface area contributed by atoms with E-state index in [-0.39, 0.29) is 36.8 Å². The Labute approximate surface area is 171 Å². The number of nitrogens with zero attached hydrogens (tertiary/aromatic N) is 2. The third-order valence-electron chi connectivity index (χ3n) is 4.80. The summed E-state index contributed by atoms with van der Waals surface area (Å²) in [6.07, 6.45) is 6.08. The summed E-state index contributed by atoms with van der Waals surface area (Å²) >= 11 is 0. The summed E-state index contributed by atoms with van der Waals surface area (Å²) in [5.74, 6) is 1.19. The maximum Gasteiger partial charge on any atom is 0.226 e. The zero-order valence-corrected chi connectivity index (χ0v) is 16.8. The fourth-order valence-corrected chi connectivity index (χ4v) is 3.46. The minimum absolute atomic E-state index is 0. The molecule has 0 radical (unpaired) electrons. The highest BCUT2D eigenvalue weighted by atomic mass is 35.5. The normalized spacial score (nSPS) is 18.6. The van der Waals surface area contributed by atoms with Crippen molar-refractivity contribution in [2.24, 2.45) is 0 Å². The molecular formula is C19H26Cl2N4O2. The van der Waals surface area contributed by atoms with E-state index in [4.69, 9.17) is 9.72 Å². The number of rotatable bonds is 4. The van der Waals surface area contributed by atoms with Crippen LogP contribution in [0.25, 0.3) is 11.3 Å². The molecule has 1 unspecified atom stereocenters. The van der Waals surface area contributed by atoms with Gasteiger partial charge in [-0.15, -0.1) is 24.8 Å². The lowest BCUT2D eigenvalue weighted by Crippen LogP contribution is -2.43. The van der Waals surface area contributed by atoms with Crippen LogP contribution in [0.4, 0.5) is 5.69 Å². The van der Waals surface area contributed by atoms with Gasteiger partial charge in [0.15, 0.2) is 0 Å². The predicted octanol–water partition coefficient (Wildman–Crippen LogP) is 3.05. The molecule has 2 N–H and O–H groups in total. The van der Waals surface area contributed by atoms with Crippen molar-refractivity contribution in [1.82, 2.24) is 14.9 Å². The van der Waals surface area contributed by atoms with Crippen LogP contribution in [0.2, 0.25) is 0 Å². The zero-order valence-electron chi connectivity index (χ0n) is 15.1. The van der Waals surface area contributed by atoms with Crippen molar-refractivity contribution in [1.29, 1.82) is 0 Å². The van der Waals surface area contributed by atoms with Crippen molar-refractivity contribution in [3.05, 3.63) is 36.3 Å². The maximum absolute atomic E-state index is 12.1. The largest absolute Gasteiger partial charge is 0.378 e. The molecule has 1 atom stereocenters. The standard InChI is InChI=1S/C19H24N4O2.2ClH/c24-19(11-16-13-25-10-8-20-16)21-15-6-4-14(5-7-15)17-12-23-9-2-1-3-18(23)22-17;;/h4-7,12,16,20H,1-3,8-11,13H2,(H,21,24);2*1H. The van der Waals surface area contributed by atoms with Crippen LogP contribution >= 0.6 is 24.8 Å². The molecule has 1 aromatic heterocycles. The first-order chi connectivity index (χ1) is 12.3. The Morgan fingerprint density at radius 2 is 2.07 bits per heavy atom. The summed E-state index contributed by atoms with van der Waals surface area (Å²) in [4.78, 5) is 16.9. The zero-order chi connectivity index (χ0) is 17.1. The van der Waals surface area contributed by atoms with Gasteiger partial charge in [0.25, 0.3) is 0 Å². The van der Waals surface area contributed by atoms with E-state index in [0.29, 0.717) is 13.0 Å². The number of carbonyl (C=O) groups is 1. The molecule has 2 aliphatic rings. The number of anilines is 1. The van der Waals surface area contributed by atoms with Crippen LogP contribution in [0.5, 0.6) is 0 Å². The number of carbonyl (C=O) groups excluding carboxylic acids is 1. The molecule has 0 aliphatic carbocycles. The Bertz CT molecular complexity index is 719. The van der Waals surface area contributed by atoms with Crippen molar-refractivity contribution in [2.45, 2.75) is 38.3 Å². The second-order valence-electron chi connectivity index (χ2n) is 6.75. The van der Waals surface area contributed by atoms with Crippen LogP contribution in [0.15, 0.2) is 30.5 Å². The number of hydrogen-bond donors (Lipinski definition) is 2. The van der Waals surface area contributed by atoms with Crippen LogP contribution in [0, 0.1) is 0 Å². The maximum atomic E-state index is 12.1. The molecule has 0 spiro atoms. The van der Waals surface area contributed by atoms with Gasteiger partial charge in [-0.25, -0.2) is 4.98 Å². The van der Waals surface area contributed by atoms with Gasteiger partial charge in [0.05, 0.1) is 18.9 Å². The van der Waals surface area contributed by atoms with Gasteiger partial charge in [-0.3, -0.25) is 4.79 Å². The van der Waals surface area contributed by atoms with Gasteiger partial charge in [-0.05, 0) is 25.0 Å². The molecule has 148 valence electrons. The second-order valence-corrected chi connectivity index (χ2v) is 6.75. The van der Waals surface area contributed by atoms with Gasteiger partial charge >= 0.3 is 0 Å². The van der Waals surface area contributed by atoms with Gasteiger partial charge in [0.2, 0.25) is 5.91 Å². The number of hydrogen-bond acceptors (Lipinski definition) is 4. The molecule has 4 rings (SSSR count). The first-order valence-corrected chi connectivity index (χ1v) is 9.05. The first kappa shape index (κ1) is 21.7. The third-order valence-corrected chi connectivity index (χ3v) is 4.80. The summed E-state index contributed by atoms with van der Waals surface area (Å²) < 4.78 is 7.64. The molecule has 2 aromatic rings. The number of halogens is 2. The fourth-order valence-electron chi connectivity index (χ4n) is 3.46. The molecule has 1 aromatic carbocycles. The number of ether oxygens (including phenoxy) is 1. The number of aromatic nitrogens is 2. The molecule has 1 fully saturated rings. The molecule has 27 heavy (non-hydrogen) atoms. The number of amides is 1. The number of morpholine rings is 1. The molecule has 0 saturated carbocycles. The fraction of sp³-hybridized carbons (Fsp3) is 0.474. The van der Waals surface area contributed by atoms with E-state index >= 15 is 0 Å². The van der Waals surface area contributed by atoms with Crippen molar-refractivity contribution < 1.29 is 9.53 Å². The number of nitrogens with one attached hydrogen (secondary N) is 2. The van der Waals surface area contributed by atoms with Crippen molar-refractivity contribution in [3.8, 4) is 11.3 Å². The number of aryl methyl sites for hydroxylation is 2. The Morgan fingerprint density at radius 1 is 1.26 bits per heavy atom. The van der Waals surface area contributed by atoms with Crippen LogP contribution in [0.1, 0.15) is 25.1 Å². The second kappa shape index (κ2) is 10.1. The Morgan fingerprint density at radius 3 is 2.78 bits per heavy atom. The van der Waals surface area contributed by atoms with Crippen LogP contribution in [0.3, 0.4) is 0 Å². The van der Waals surface area contributed by atoms with E-state index in [1.165, 1.54) is 18.7 Å². The van der Waals surface area contributed by atoms with Gasteiger partial charge in [0.1, 0.15) is 5.82 Å². The van der Waals surface area contributed by atoms with Crippen molar-refractivity contribution in [2.75, 3.05) is 25.1 Å². The monoisotopic (exact) mass is 412 g/mol. The lowest BCUT2D eigenvalue weighted by atomic mass is 10.1. The lowest BCUT2D eigenvalue weighted by Gasteiger charge is -2.23. The molecule has 6 nitrogen and oxygen atoms in total. The van der Waals surface area contributed by atoms with Crippen LogP contribution < -0.4 is 10.6 Å². The van der Waals surface area contributed by atoms with Gasteiger partial charge < -0.3 is 19.9 Å². The van der Waals surface area contributed by atoms with Crippen LogP contribution in [-0.2, 0) is 22.5 Å². The minimum Gasteiger partial charge on any atom is -0.378 e. The van der Waals surface area contributed by atoms with Crippen LogP contribution in [-0.4, -0.2) is 41.3 Å². The van der Waals surface area contributed by atoms with E-state index in [2.05, 4.69) is 21.4 Å². The highest BCUT2D eigenvalue weighted by Gasteiger charge is 2.17. The highest BCUT2D eigenvalue weighted by Crippen LogP contribution is 2.24. The summed E-state index contributed by atoms with van der Waals surface area (Å²) in [6.45, 7) is 3.19. The van der Waals surface area contributed by atoms with Gasteiger partial charge in [-0.2, -0.15) is 0 Å². The molecule has 2 aliphatic heterocycles. The molecular weight excluding hydrogens is 387 g/mol. The Balaban J connectivity index is 0.00000131. The Hall–Kier alpha value is -1.60. The summed E-state index contributed by atoms with van der Waals surface area (Å²) in [5, 5.41) is 6.25. The molecule has 1 saturated heterocycles. The van der Waals surface area contributed by atoms with E-state index in [0.717, 1.165) is 43.1 Å².